The maximum absolute atomic E-state index is 11.4. The number of hydrogen-bond donors (Lipinski definition) is 0. The number of carbonyl (C=O) groups is 1. The molecule has 0 fully saturated rings. The van der Waals surface area contributed by atoms with Gasteiger partial charge in [-0.3, -0.25) is 4.79 Å². The van der Waals surface area contributed by atoms with Gasteiger partial charge in [0.15, 0.2) is 5.76 Å². The van der Waals surface area contributed by atoms with Gasteiger partial charge >= 0.3 is 0 Å². The van der Waals surface area contributed by atoms with Gasteiger partial charge in [-0.05, 0) is 23.7 Å². The Balaban J connectivity index is 2.05. The molecule has 0 atom stereocenters. The lowest BCUT2D eigenvalue weighted by Gasteiger charge is -2.01. The lowest BCUT2D eigenvalue weighted by Crippen LogP contribution is -1.92. The number of rotatable bonds is 3. The van der Waals surface area contributed by atoms with Crippen LogP contribution in [0.4, 0.5) is 0 Å². The normalized spacial score (nSPS) is 10.4. The third kappa shape index (κ3) is 2.36. The topological polar surface area (TPSA) is 43.1 Å². The van der Waals surface area contributed by atoms with Crippen LogP contribution in [0.15, 0.2) is 65.2 Å². The van der Waals surface area contributed by atoms with E-state index >= 15 is 0 Å². The van der Waals surface area contributed by atoms with Crippen molar-refractivity contribution < 1.29 is 9.21 Å². The quantitative estimate of drug-likeness (QED) is 0.670. The summed E-state index contributed by atoms with van der Waals surface area (Å²) in [4.78, 5) is 15.6. The predicted octanol–water partition coefficient (Wildman–Crippen LogP) is 4.39. The van der Waals surface area contributed by atoms with Crippen LogP contribution >= 0.6 is 11.6 Å². The van der Waals surface area contributed by atoms with Crippen molar-refractivity contribution in [2.24, 2.45) is 0 Å². The standard InChI is InChI=1S/C16H10ClNO2/c17-15(19)12-8-4-5-9-13(12)16-18-10-14(20-16)11-6-2-1-3-7-11/h1-10H. The van der Waals surface area contributed by atoms with Gasteiger partial charge in [-0.1, -0.05) is 42.5 Å². The summed E-state index contributed by atoms with van der Waals surface area (Å²) < 4.78 is 5.72. The van der Waals surface area contributed by atoms with Gasteiger partial charge < -0.3 is 4.42 Å². The van der Waals surface area contributed by atoms with E-state index in [9.17, 15) is 4.79 Å². The Morgan fingerprint density at radius 2 is 1.70 bits per heavy atom. The van der Waals surface area contributed by atoms with Gasteiger partial charge in [0, 0.05) is 16.7 Å². The molecular weight excluding hydrogens is 274 g/mol. The Morgan fingerprint density at radius 3 is 2.45 bits per heavy atom. The smallest absolute Gasteiger partial charge is 0.253 e. The van der Waals surface area contributed by atoms with E-state index in [1.54, 1.807) is 24.4 Å². The van der Waals surface area contributed by atoms with Crippen LogP contribution < -0.4 is 0 Å². The largest absolute Gasteiger partial charge is 0.436 e. The van der Waals surface area contributed by atoms with Crippen molar-refractivity contribution in [3.05, 3.63) is 66.4 Å². The summed E-state index contributed by atoms with van der Waals surface area (Å²) in [6, 6.07) is 16.6. The third-order valence-electron chi connectivity index (χ3n) is 2.93. The van der Waals surface area contributed by atoms with Gasteiger partial charge in [0.25, 0.3) is 5.24 Å². The van der Waals surface area contributed by atoms with Crippen LogP contribution in [0, 0.1) is 0 Å². The fourth-order valence-corrected chi connectivity index (χ4v) is 2.14. The molecule has 0 bridgehead atoms. The molecule has 98 valence electrons. The molecule has 0 spiro atoms. The number of halogens is 1. The van der Waals surface area contributed by atoms with E-state index < -0.39 is 5.24 Å². The number of aromatic nitrogens is 1. The molecule has 3 rings (SSSR count). The summed E-state index contributed by atoms with van der Waals surface area (Å²) in [5, 5.41) is -0.528. The molecule has 0 amide bonds. The Morgan fingerprint density at radius 1 is 1.00 bits per heavy atom. The van der Waals surface area contributed by atoms with Crippen molar-refractivity contribution in [3.8, 4) is 22.8 Å². The molecule has 0 saturated heterocycles. The Hall–Kier alpha value is -2.39. The van der Waals surface area contributed by atoms with E-state index in [1.807, 2.05) is 36.4 Å². The molecule has 0 radical (unpaired) electrons. The van der Waals surface area contributed by atoms with Gasteiger partial charge in [0.05, 0.1) is 6.20 Å². The summed E-state index contributed by atoms with van der Waals surface area (Å²) >= 11 is 5.57. The highest BCUT2D eigenvalue weighted by molar-refractivity contribution is 6.68. The average molecular weight is 284 g/mol. The van der Waals surface area contributed by atoms with Crippen LogP contribution in [0.1, 0.15) is 10.4 Å². The second kappa shape index (κ2) is 5.31. The number of oxazole rings is 1. The molecule has 3 aromatic rings. The molecule has 20 heavy (non-hydrogen) atoms. The first-order valence-electron chi connectivity index (χ1n) is 6.06. The fraction of sp³-hybridized carbons (Fsp3) is 0. The first-order valence-corrected chi connectivity index (χ1v) is 6.44. The first kappa shape index (κ1) is 12.6. The van der Waals surface area contributed by atoms with Gasteiger partial charge in [-0.2, -0.15) is 0 Å². The van der Waals surface area contributed by atoms with Crippen LogP contribution in [0.2, 0.25) is 0 Å². The average Bonchev–Trinajstić information content (AvgIpc) is 2.98. The zero-order valence-electron chi connectivity index (χ0n) is 10.4. The minimum Gasteiger partial charge on any atom is -0.436 e. The van der Waals surface area contributed by atoms with Crippen LogP contribution in [0.3, 0.4) is 0 Å². The van der Waals surface area contributed by atoms with E-state index in [4.69, 9.17) is 16.0 Å². The molecule has 0 N–H and O–H groups in total. The van der Waals surface area contributed by atoms with E-state index in [2.05, 4.69) is 4.98 Å². The Labute approximate surface area is 120 Å². The molecule has 3 nitrogen and oxygen atoms in total. The Bertz CT molecular complexity index is 750. The molecule has 0 aliphatic carbocycles. The van der Waals surface area contributed by atoms with Crippen LogP contribution in [-0.2, 0) is 0 Å². The lowest BCUT2D eigenvalue weighted by molar-refractivity contribution is 0.108. The minimum absolute atomic E-state index is 0.383. The van der Waals surface area contributed by atoms with Gasteiger partial charge in [0.2, 0.25) is 5.89 Å². The zero-order valence-corrected chi connectivity index (χ0v) is 11.2. The highest BCUT2D eigenvalue weighted by Crippen LogP contribution is 2.28. The maximum atomic E-state index is 11.4. The molecule has 4 heteroatoms. The summed E-state index contributed by atoms with van der Waals surface area (Å²) in [6.07, 6.45) is 1.64. The monoisotopic (exact) mass is 283 g/mol. The highest BCUT2D eigenvalue weighted by atomic mass is 35.5. The zero-order chi connectivity index (χ0) is 13.9. The second-order valence-corrected chi connectivity index (χ2v) is 4.56. The minimum atomic E-state index is -0.528. The summed E-state index contributed by atoms with van der Waals surface area (Å²) in [5.74, 6) is 1.03. The summed E-state index contributed by atoms with van der Waals surface area (Å²) in [5.41, 5.74) is 1.91. The molecule has 0 aliphatic rings. The van der Waals surface area contributed by atoms with Crippen LogP contribution in [-0.4, -0.2) is 10.2 Å². The van der Waals surface area contributed by atoms with E-state index in [0.717, 1.165) is 5.56 Å². The molecule has 1 heterocycles. The first-order chi connectivity index (χ1) is 9.75. The SMILES string of the molecule is O=C(Cl)c1ccccc1-c1ncc(-c2ccccc2)o1. The van der Waals surface area contributed by atoms with Crippen molar-refractivity contribution in [1.29, 1.82) is 0 Å². The molecule has 0 saturated carbocycles. The summed E-state index contributed by atoms with van der Waals surface area (Å²) in [7, 11) is 0. The van der Waals surface area contributed by atoms with E-state index in [1.165, 1.54) is 0 Å². The van der Waals surface area contributed by atoms with Crippen LogP contribution in [0.5, 0.6) is 0 Å². The summed E-state index contributed by atoms with van der Waals surface area (Å²) in [6.45, 7) is 0. The van der Waals surface area contributed by atoms with Crippen molar-refractivity contribution in [1.82, 2.24) is 4.98 Å². The van der Waals surface area contributed by atoms with Crippen molar-refractivity contribution in [3.63, 3.8) is 0 Å². The third-order valence-corrected chi connectivity index (χ3v) is 3.14. The second-order valence-electron chi connectivity index (χ2n) is 4.21. The van der Waals surface area contributed by atoms with Crippen LogP contribution in [0.25, 0.3) is 22.8 Å². The van der Waals surface area contributed by atoms with Crippen molar-refractivity contribution in [2.45, 2.75) is 0 Å². The predicted molar refractivity (Wildman–Crippen MR) is 77.6 cm³/mol. The van der Waals surface area contributed by atoms with E-state index in [-0.39, 0.29) is 0 Å². The lowest BCUT2D eigenvalue weighted by atomic mass is 10.1. The van der Waals surface area contributed by atoms with Gasteiger partial charge in [-0.25, -0.2) is 4.98 Å². The molecule has 0 unspecified atom stereocenters. The number of hydrogen-bond acceptors (Lipinski definition) is 3. The van der Waals surface area contributed by atoms with Crippen molar-refractivity contribution >= 4 is 16.8 Å². The number of nitrogens with zero attached hydrogens (tertiary/aromatic N) is 1. The van der Waals surface area contributed by atoms with Gasteiger partial charge in [0.1, 0.15) is 0 Å². The number of carbonyl (C=O) groups excluding carboxylic acids is 1. The molecule has 2 aromatic carbocycles. The van der Waals surface area contributed by atoms with Gasteiger partial charge in [-0.15, -0.1) is 0 Å². The number of benzene rings is 2. The molecule has 0 aliphatic heterocycles. The highest BCUT2D eigenvalue weighted by Gasteiger charge is 2.15. The maximum Gasteiger partial charge on any atom is 0.253 e. The Kier molecular flexibility index (Phi) is 3.35. The fourth-order valence-electron chi connectivity index (χ4n) is 1.98. The molecular formula is C16H10ClNO2. The molecule has 1 aromatic heterocycles. The van der Waals surface area contributed by atoms with Crippen molar-refractivity contribution in [2.75, 3.05) is 0 Å². The van der Waals surface area contributed by atoms with E-state index in [0.29, 0.717) is 22.8 Å².